The average molecular weight is 275 g/mol. The van der Waals surface area contributed by atoms with E-state index in [1.165, 1.54) is 6.42 Å². The first-order chi connectivity index (χ1) is 9.74. The lowest BCUT2D eigenvalue weighted by atomic mass is 10.1. The average Bonchev–Trinajstić information content (AvgIpc) is 2.53. The SMILES string of the molecule is COc1ccc(OC)c(/C=C/C(=O)N2CCCCC2)c1. The third-order valence-electron chi connectivity index (χ3n) is 3.51. The van der Waals surface area contributed by atoms with E-state index in [0.29, 0.717) is 0 Å². The lowest BCUT2D eigenvalue weighted by molar-refractivity contribution is -0.126. The third kappa shape index (κ3) is 3.53. The van der Waals surface area contributed by atoms with Crippen LogP contribution in [0.3, 0.4) is 0 Å². The zero-order valence-corrected chi connectivity index (χ0v) is 12.1. The molecule has 1 aliphatic heterocycles. The zero-order valence-electron chi connectivity index (χ0n) is 12.1. The topological polar surface area (TPSA) is 38.8 Å². The molecule has 0 bridgehead atoms. The van der Waals surface area contributed by atoms with Crippen LogP contribution in [0.1, 0.15) is 24.8 Å². The van der Waals surface area contributed by atoms with Crippen molar-refractivity contribution in [3.05, 3.63) is 29.8 Å². The molecule has 108 valence electrons. The predicted octanol–water partition coefficient (Wildman–Crippen LogP) is 2.73. The summed E-state index contributed by atoms with van der Waals surface area (Å²) in [5.41, 5.74) is 0.845. The second-order valence-corrected chi connectivity index (χ2v) is 4.83. The van der Waals surface area contributed by atoms with E-state index in [0.717, 1.165) is 43.0 Å². The van der Waals surface area contributed by atoms with Gasteiger partial charge < -0.3 is 14.4 Å². The molecule has 0 atom stereocenters. The number of hydrogen-bond acceptors (Lipinski definition) is 3. The first-order valence-corrected chi connectivity index (χ1v) is 6.93. The molecule has 1 fully saturated rings. The highest BCUT2D eigenvalue weighted by molar-refractivity contribution is 5.92. The molecule has 1 aromatic rings. The Balaban J connectivity index is 2.11. The number of nitrogens with zero attached hydrogens (tertiary/aromatic N) is 1. The minimum absolute atomic E-state index is 0.0644. The second-order valence-electron chi connectivity index (χ2n) is 4.83. The Kier molecular flexibility index (Phi) is 5.04. The van der Waals surface area contributed by atoms with E-state index in [1.54, 1.807) is 26.4 Å². The summed E-state index contributed by atoms with van der Waals surface area (Å²) in [5.74, 6) is 1.54. The van der Waals surface area contributed by atoms with Crippen LogP contribution in [0.5, 0.6) is 11.5 Å². The standard InChI is InChI=1S/C16H21NO3/c1-19-14-7-8-15(20-2)13(12-14)6-9-16(18)17-10-4-3-5-11-17/h6-9,12H,3-5,10-11H2,1-2H3/b9-6+. The fourth-order valence-corrected chi connectivity index (χ4v) is 2.35. The van der Waals surface area contributed by atoms with Gasteiger partial charge in [-0.3, -0.25) is 4.79 Å². The van der Waals surface area contributed by atoms with Crippen molar-refractivity contribution in [1.82, 2.24) is 4.90 Å². The van der Waals surface area contributed by atoms with E-state index in [9.17, 15) is 4.79 Å². The molecule has 1 aromatic carbocycles. The Morgan fingerprint density at radius 1 is 1.15 bits per heavy atom. The number of methoxy groups -OCH3 is 2. The number of likely N-dealkylation sites (tertiary alicyclic amines) is 1. The van der Waals surface area contributed by atoms with Gasteiger partial charge in [0.1, 0.15) is 11.5 Å². The van der Waals surface area contributed by atoms with E-state index in [2.05, 4.69) is 0 Å². The number of piperidine rings is 1. The number of carbonyl (C=O) groups is 1. The summed E-state index contributed by atoms with van der Waals surface area (Å²) in [7, 11) is 3.24. The van der Waals surface area contributed by atoms with Crippen LogP contribution in [-0.2, 0) is 4.79 Å². The minimum atomic E-state index is 0.0644. The summed E-state index contributed by atoms with van der Waals surface area (Å²) in [6, 6.07) is 5.53. The quantitative estimate of drug-likeness (QED) is 0.793. The van der Waals surface area contributed by atoms with Gasteiger partial charge in [0.05, 0.1) is 14.2 Å². The number of carbonyl (C=O) groups excluding carboxylic acids is 1. The molecule has 4 nitrogen and oxygen atoms in total. The number of hydrogen-bond donors (Lipinski definition) is 0. The molecular formula is C16H21NO3. The predicted molar refractivity (Wildman–Crippen MR) is 79.0 cm³/mol. The number of ether oxygens (including phenoxy) is 2. The first-order valence-electron chi connectivity index (χ1n) is 6.93. The van der Waals surface area contributed by atoms with E-state index < -0.39 is 0 Å². The van der Waals surface area contributed by atoms with Crippen LogP contribution in [-0.4, -0.2) is 38.1 Å². The van der Waals surface area contributed by atoms with Gasteiger partial charge in [0.15, 0.2) is 0 Å². The molecule has 20 heavy (non-hydrogen) atoms. The van der Waals surface area contributed by atoms with Gasteiger partial charge in [-0.15, -0.1) is 0 Å². The first kappa shape index (κ1) is 14.4. The molecule has 0 saturated carbocycles. The van der Waals surface area contributed by atoms with Gasteiger partial charge in [-0.05, 0) is 43.5 Å². The van der Waals surface area contributed by atoms with Crippen LogP contribution in [0.25, 0.3) is 6.08 Å². The Hall–Kier alpha value is -1.97. The number of amides is 1. The van der Waals surface area contributed by atoms with Crippen molar-refractivity contribution in [3.63, 3.8) is 0 Å². The highest BCUT2D eigenvalue weighted by atomic mass is 16.5. The molecular weight excluding hydrogens is 254 g/mol. The summed E-state index contributed by atoms with van der Waals surface area (Å²) in [6.07, 6.45) is 6.82. The smallest absolute Gasteiger partial charge is 0.246 e. The summed E-state index contributed by atoms with van der Waals surface area (Å²) in [6.45, 7) is 1.72. The second kappa shape index (κ2) is 6.98. The molecule has 2 rings (SSSR count). The molecule has 0 aliphatic carbocycles. The molecule has 1 heterocycles. The fraction of sp³-hybridized carbons (Fsp3) is 0.438. The molecule has 0 unspecified atom stereocenters. The van der Waals surface area contributed by atoms with Gasteiger partial charge in [0.25, 0.3) is 0 Å². The van der Waals surface area contributed by atoms with E-state index >= 15 is 0 Å². The maximum Gasteiger partial charge on any atom is 0.246 e. The molecule has 0 radical (unpaired) electrons. The molecule has 0 spiro atoms. The maximum absolute atomic E-state index is 12.1. The molecule has 0 N–H and O–H groups in total. The van der Waals surface area contributed by atoms with Crippen LogP contribution in [0, 0.1) is 0 Å². The Morgan fingerprint density at radius 2 is 1.90 bits per heavy atom. The van der Waals surface area contributed by atoms with Gasteiger partial charge >= 0.3 is 0 Å². The van der Waals surface area contributed by atoms with Crippen molar-refractivity contribution in [2.75, 3.05) is 27.3 Å². The lowest BCUT2D eigenvalue weighted by Crippen LogP contribution is -2.34. The van der Waals surface area contributed by atoms with Gasteiger partial charge in [0, 0.05) is 24.7 Å². The molecule has 1 saturated heterocycles. The molecule has 1 amide bonds. The van der Waals surface area contributed by atoms with Gasteiger partial charge in [-0.25, -0.2) is 0 Å². The van der Waals surface area contributed by atoms with Crippen molar-refractivity contribution in [2.24, 2.45) is 0 Å². The summed E-state index contributed by atoms with van der Waals surface area (Å²) in [4.78, 5) is 14.0. The van der Waals surface area contributed by atoms with Crippen LogP contribution in [0.15, 0.2) is 24.3 Å². The van der Waals surface area contributed by atoms with Crippen LogP contribution in [0.4, 0.5) is 0 Å². The fourth-order valence-electron chi connectivity index (χ4n) is 2.35. The highest BCUT2D eigenvalue weighted by Gasteiger charge is 2.13. The largest absolute Gasteiger partial charge is 0.497 e. The van der Waals surface area contributed by atoms with Gasteiger partial charge in [-0.1, -0.05) is 0 Å². The summed E-state index contributed by atoms with van der Waals surface area (Å²) < 4.78 is 10.5. The van der Waals surface area contributed by atoms with E-state index in [4.69, 9.17) is 9.47 Å². The Labute approximate surface area is 120 Å². The molecule has 0 aromatic heterocycles. The summed E-state index contributed by atoms with van der Waals surface area (Å²) in [5, 5.41) is 0. The third-order valence-corrected chi connectivity index (χ3v) is 3.51. The van der Waals surface area contributed by atoms with Crippen molar-refractivity contribution in [2.45, 2.75) is 19.3 Å². The highest BCUT2D eigenvalue weighted by Crippen LogP contribution is 2.25. The van der Waals surface area contributed by atoms with E-state index in [1.807, 2.05) is 23.1 Å². The van der Waals surface area contributed by atoms with Crippen molar-refractivity contribution in [1.29, 1.82) is 0 Å². The Morgan fingerprint density at radius 3 is 2.55 bits per heavy atom. The minimum Gasteiger partial charge on any atom is -0.497 e. The van der Waals surface area contributed by atoms with E-state index in [-0.39, 0.29) is 5.91 Å². The van der Waals surface area contributed by atoms with Crippen molar-refractivity contribution < 1.29 is 14.3 Å². The van der Waals surface area contributed by atoms with Crippen LogP contribution >= 0.6 is 0 Å². The number of rotatable bonds is 4. The lowest BCUT2D eigenvalue weighted by Gasteiger charge is -2.25. The number of benzene rings is 1. The molecule has 1 aliphatic rings. The van der Waals surface area contributed by atoms with Gasteiger partial charge in [0.2, 0.25) is 5.91 Å². The van der Waals surface area contributed by atoms with Crippen molar-refractivity contribution in [3.8, 4) is 11.5 Å². The zero-order chi connectivity index (χ0) is 14.4. The Bertz CT molecular complexity index is 490. The normalized spacial score (nSPS) is 15.4. The maximum atomic E-state index is 12.1. The van der Waals surface area contributed by atoms with Gasteiger partial charge in [-0.2, -0.15) is 0 Å². The molecule has 4 heteroatoms. The monoisotopic (exact) mass is 275 g/mol. The van der Waals surface area contributed by atoms with Crippen molar-refractivity contribution >= 4 is 12.0 Å². The van der Waals surface area contributed by atoms with Crippen LogP contribution in [0.2, 0.25) is 0 Å². The van der Waals surface area contributed by atoms with Crippen LogP contribution < -0.4 is 9.47 Å². The summed E-state index contributed by atoms with van der Waals surface area (Å²) >= 11 is 0.